The summed E-state index contributed by atoms with van der Waals surface area (Å²) in [5, 5.41) is 3.20. The summed E-state index contributed by atoms with van der Waals surface area (Å²) in [6.45, 7) is 3.94. The molecular weight excluding hydrogens is 283 g/mol. The first-order valence-corrected chi connectivity index (χ1v) is 6.91. The summed E-state index contributed by atoms with van der Waals surface area (Å²) in [6.07, 6.45) is -4.98. The van der Waals surface area contributed by atoms with E-state index in [1.807, 2.05) is 19.1 Å². The Kier molecular flexibility index (Phi) is 7.53. The van der Waals surface area contributed by atoms with Gasteiger partial charge in [0.05, 0.1) is 13.2 Å². The molecule has 0 bridgehead atoms. The number of ether oxygens (including phenoxy) is 2. The van der Waals surface area contributed by atoms with Crippen LogP contribution in [0.5, 0.6) is 5.75 Å². The number of benzene rings is 1. The average Bonchev–Trinajstić information content (AvgIpc) is 2.40. The molecule has 0 fully saturated rings. The molecule has 0 radical (unpaired) electrons. The van der Waals surface area contributed by atoms with Crippen LogP contribution in [-0.2, 0) is 11.3 Å². The van der Waals surface area contributed by atoms with Gasteiger partial charge in [-0.1, -0.05) is 17.7 Å². The van der Waals surface area contributed by atoms with Crippen LogP contribution >= 0.6 is 0 Å². The number of alkyl halides is 3. The number of hydrogen-bond donors (Lipinski definition) is 1. The summed E-state index contributed by atoms with van der Waals surface area (Å²) in [5.41, 5.74) is 2.03. The molecule has 1 aromatic carbocycles. The Morgan fingerprint density at radius 2 is 1.95 bits per heavy atom. The second-order valence-electron chi connectivity index (χ2n) is 4.85. The molecule has 6 heteroatoms. The van der Waals surface area contributed by atoms with Gasteiger partial charge in [-0.2, -0.15) is 13.2 Å². The third kappa shape index (κ3) is 7.92. The highest BCUT2D eigenvalue weighted by Gasteiger charge is 2.26. The largest absolute Gasteiger partial charge is 0.493 e. The van der Waals surface area contributed by atoms with Crippen molar-refractivity contribution in [1.82, 2.24) is 5.32 Å². The van der Waals surface area contributed by atoms with Gasteiger partial charge in [-0.15, -0.1) is 0 Å². The molecule has 3 nitrogen and oxygen atoms in total. The van der Waals surface area contributed by atoms with Crippen LogP contribution in [0.3, 0.4) is 0 Å². The number of nitrogens with one attached hydrogen (secondary N) is 1. The molecule has 1 N–H and O–H groups in total. The minimum Gasteiger partial charge on any atom is -0.493 e. The molecule has 1 aromatic rings. The van der Waals surface area contributed by atoms with Crippen LogP contribution in [0.1, 0.15) is 24.0 Å². The van der Waals surface area contributed by atoms with Crippen LogP contribution in [0.2, 0.25) is 0 Å². The third-order valence-corrected chi connectivity index (χ3v) is 2.88. The quantitative estimate of drug-likeness (QED) is 0.709. The molecule has 0 heterocycles. The van der Waals surface area contributed by atoms with Gasteiger partial charge in [-0.05, 0) is 19.4 Å². The van der Waals surface area contributed by atoms with Gasteiger partial charge >= 0.3 is 6.18 Å². The van der Waals surface area contributed by atoms with Gasteiger partial charge in [-0.25, -0.2) is 0 Å². The zero-order chi connectivity index (χ0) is 15.7. The van der Waals surface area contributed by atoms with Crippen molar-refractivity contribution in [2.75, 3.05) is 26.9 Å². The summed E-state index contributed by atoms with van der Waals surface area (Å²) in [6, 6.07) is 5.66. The Hall–Kier alpha value is -1.27. The monoisotopic (exact) mass is 305 g/mol. The second kappa shape index (κ2) is 8.89. The molecule has 0 unspecified atom stereocenters. The normalized spacial score (nSPS) is 11.7. The molecule has 21 heavy (non-hydrogen) atoms. The Morgan fingerprint density at radius 3 is 2.62 bits per heavy atom. The zero-order valence-electron chi connectivity index (χ0n) is 12.4. The molecule has 0 aromatic heterocycles. The summed E-state index contributed by atoms with van der Waals surface area (Å²) < 4.78 is 46.6. The molecular formula is C15H22F3NO2. The minimum absolute atomic E-state index is 0.0338. The van der Waals surface area contributed by atoms with Crippen molar-refractivity contribution in [2.24, 2.45) is 0 Å². The number of hydrogen-bond acceptors (Lipinski definition) is 3. The van der Waals surface area contributed by atoms with Gasteiger partial charge < -0.3 is 14.8 Å². The van der Waals surface area contributed by atoms with E-state index in [9.17, 15) is 13.2 Å². The van der Waals surface area contributed by atoms with Crippen molar-refractivity contribution in [3.63, 3.8) is 0 Å². The van der Waals surface area contributed by atoms with Crippen molar-refractivity contribution in [1.29, 1.82) is 0 Å². The smallest absolute Gasteiger partial charge is 0.389 e. The molecule has 0 aliphatic rings. The van der Waals surface area contributed by atoms with Crippen LogP contribution in [0.15, 0.2) is 18.2 Å². The summed E-state index contributed by atoms with van der Waals surface area (Å²) in [7, 11) is 1.63. The lowest BCUT2D eigenvalue weighted by atomic mass is 10.1. The predicted molar refractivity (Wildman–Crippen MR) is 75.5 cm³/mol. The Bertz CT molecular complexity index is 422. The van der Waals surface area contributed by atoms with Crippen molar-refractivity contribution in [2.45, 2.75) is 32.5 Å². The van der Waals surface area contributed by atoms with E-state index in [4.69, 9.17) is 9.47 Å². The van der Waals surface area contributed by atoms with Gasteiger partial charge in [0, 0.05) is 32.2 Å². The molecule has 0 aliphatic carbocycles. The molecule has 0 atom stereocenters. The topological polar surface area (TPSA) is 30.5 Å². The van der Waals surface area contributed by atoms with E-state index in [1.165, 1.54) is 0 Å². The Balaban J connectivity index is 2.48. The van der Waals surface area contributed by atoms with Crippen molar-refractivity contribution < 1.29 is 22.6 Å². The molecule has 0 amide bonds. The third-order valence-electron chi connectivity index (χ3n) is 2.88. The lowest BCUT2D eigenvalue weighted by molar-refractivity contribution is -0.136. The van der Waals surface area contributed by atoms with E-state index in [2.05, 4.69) is 5.32 Å². The first-order valence-electron chi connectivity index (χ1n) is 6.91. The molecule has 0 saturated carbocycles. The lowest BCUT2D eigenvalue weighted by Crippen LogP contribution is -2.19. The first-order chi connectivity index (χ1) is 9.92. The molecule has 0 saturated heterocycles. The fourth-order valence-corrected chi connectivity index (χ4v) is 1.84. The molecule has 0 spiro atoms. The van der Waals surface area contributed by atoms with Crippen molar-refractivity contribution in [3.8, 4) is 5.75 Å². The Morgan fingerprint density at radius 1 is 1.19 bits per heavy atom. The van der Waals surface area contributed by atoms with Crippen LogP contribution in [0.4, 0.5) is 13.2 Å². The van der Waals surface area contributed by atoms with Gasteiger partial charge in [0.15, 0.2) is 0 Å². The fourth-order valence-electron chi connectivity index (χ4n) is 1.84. The molecule has 0 aliphatic heterocycles. The highest BCUT2D eigenvalue weighted by molar-refractivity contribution is 5.36. The number of rotatable bonds is 9. The maximum absolute atomic E-state index is 12.1. The van der Waals surface area contributed by atoms with Crippen LogP contribution in [0.25, 0.3) is 0 Å². The van der Waals surface area contributed by atoms with E-state index < -0.39 is 12.6 Å². The van der Waals surface area contributed by atoms with Gasteiger partial charge in [0.2, 0.25) is 0 Å². The predicted octanol–water partition coefficient (Wildman–Crippen LogP) is 3.45. The maximum Gasteiger partial charge on any atom is 0.389 e. The maximum atomic E-state index is 12.1. The van der Waals surface area contributed by atoms with Gasteiger partial charge in [0.25, 0.3) is 0 Å². The van der Waals surface area contributed by atoms with Gasteiger partial charge in [0.1, 0.15) is 5.75 Å². The number of methoxy groups -OCH3 is 1. The average molecular weight is 305 g/mol. The van der Waals surface area contributed by atoms with E-state index in [-0.39, 0.29) is 13.0 Å². The lowest BCUT2D eigenvalue weighted by Gasteiger charge is -2.13. The Labute approximate surface area is 123 Å². The zero-order valence-corrected chi connectivity index (χ0v) is 12.4. The molecule has 1 rings (SSSR count). The van der Waals surface area contributed by atoms with Crippen LogP contribution in [0, 0.1) is 6.92 Å². The second-order valence-corrected chi connectivity index (χ2v) is 4.85. The highest BCUT2D eigenvalue weighted by atomic mass is 19.4. The molecule has 120 valence electrons. The highest BCUT2D eigenvalue weighted by Crippen LogP contribution is 2.23. The van der Waals surface area contributed by atoms with Crippen molar-refractivity contribution in [3.05, 3.63) is 29.3 Å². The van der Waals surface area contributed by atoms with E-state index in [0.717, 1.165) is 11.1 Å². The standard InChI is InChI=1S/C15H22F3NO2/c1-12-4-5-14(21-8-3-6-15(16,17)18)13(10-12)11-19-7-9-20-2/h4-5,10,19H,3,6-9,11H2,1-2H3. The summed E-state index contributed by atoms with van der Waals surface area (Å²) in [4.78, 5) is 0. The number of halogens is 3. The van der Waals surface area contributed by atoms with E-state index >= 15 is 0 Å². The fraction of sp³-hybridized carbons (Fsp3) is 0.600. The summed E-state index contributed by atoms with van der Waals surface area (Å²) in [5.74, 6) is 0.632. The number of aryl methyl sites for hydroxylation is 1. The van der Waals surface area contributed by atoms with E-state index in [1.54, 1.807) is 13.2 Å². The minimum atomic E-state index is -4.12. The first kappa shape index (κ1) is 17.8. The van der Waals surface area contributed by atoms with Gasteiger partial charge in [-0.3, -0.25) is 0 Å². The SMILES string of the molecule is COCCNCc1cc(C)ccc1OCCCC(F)(F)F. The van der Waals surface area contributed by atoms with Crippen LogP contribution in [-0.4, -0.2) is 33.0 Å². The summed E-state index contributed by atoms with van der Waals surface area (Å²) >= 11 is 0. The van der Waals surface area contributed by atoms with E-state index in [0.29, 0.717) is 25.4 Å². The van der Waals surface area contributed by atoms with Crippen LogP contribution < -0.4 is 10.1 Å². The van der Waals surface area contributed by atoms with Crippen molar-refractivity contribution >= 4 is 0 Å².